The number of piperazine rings is 1. The van der Waals surface area contributed by atoms with Gasteiger partial charge in [0.2, 0.25) is 10.0 Å². The predicted molar refractivity (Wildman–Crippen MR) is 103 cm³/mol. The number of sulfonamides is 1. The number of amides is 1. The molecule has 2 rings (SSSR count). The number of nitrogens with zero attached hydrogens (tertiary/aromatic N) is 1. The van der Waals surface area contributed by atoms with Crippen LogP contribution in [0.4, 0.5) is 0 Å². The molecule has 2 N–H and O–H groups in total. The number of carbonyl (C=O) groups excluding carboxylic acids is 1. The predicted octanol–water partition coefficient (Wildman–Crippen LogP) is 1.19. The minimum atomic E-state index is -3.60. The Kier molecular flexibility index (Phi) is 7.73. The van der Waals surface area contributed by atoms with Crippen molar-refractivity contribution in [3.05, 3.63) is 28.2 Å². The first-order chi connectivity index (χ1) is 12.3. The van der Waals surface area contributed by atoms with Gasteiger partial charge in [-0.3, -0.25) is 4.79 Å². The minimum absolute atomic E-state index is 0.0227. The normalized spacial score (nSPS) is 16.8. The Morgan fingerprint density at radius 2 is 1.81 bits per heavy atom. The van der Waals surface area contributed by atoms with Crippen LogP contribution in [0.15, 0.2) is 23.1 Å². The molecular formula is C17H26Cl2N3O3S+. The number of rotatable bonds is 7. The van der Waals surface area contributed by atoms with E-state index in [4.69, 9.17) is 23.2 Å². The van der Waals surface area contributed by atoms with E-state index in [1.54, 1.807) is 0 Å². The first-order valence-electron chi connectivity index (χ1n) is 8.86. The molecule has 1 aromatic carbocycles. The van der Waals surface area contributed by atoms with Crippen LogP contribution >= 0.6 is 23.2 Å². The van der Waals surface area contributed by atoms with E-state index in [9.17, 15) is 13.2 Å². The second kappa shape index (κ2) is 9.37. The van der Waals surface area contributed by atoms with Crippen LogP contribution in [0, 0.1) is 0 Å². The van der Waals surface area contributed by atoms with E-state index in [-0.39, 0.29) is 21.9 Å². The lowest BCUT2D eigenvalue weighted by Crippen LogP contribution is -3.15. The van der Waals surface area contributed by atoms with E-state index in [1.807, 2.05) is 13.8 Å². The van der Waals surface area contributed by atoms with Crippen LogP contribution in [-0.4, -0.2) is 57.4 Å². The molecule has 1 aromatic rings. The van der Waals surface area contributed by atoms with E-state index >= 15 is 0 Å². The summed E-state index contributed by atoms with van der Waals surface area (Å²) in [6.07, 6.45) is 1.82. The number of quaternary nitrogens is 1. The first kappa shape index (κ1) is 21.4. The minimum Gasteiger partial charge on any atom is -0.349 e. The van der Waals surface area contributed by atoms with E-state index in [0.717, 1.165) is 17.7 Å². The number of halogens is 2. The van der Waals surface area contributed by atoms with Crippen molar-refractivity contribution >= 4 is 39.1 Å². The molecule has 1 aliphatic rings. The summed E-state index contributed by atoms with van der Waals surface area (Å²) >= 11 is 11.8. The van der Waals surface area contributed by atoms with Gasteiger partial charge in [-0.1, -0.05) is 37.0 Å². The number of benzene rings is 1. The fourth-order valence-electron chi connectivity index (χ4n) is 3.00. The van der Waals surface area contributed by atoms with Gasteiger partial charge in [0.05, 0.1) is 41.1 Å². The van der Waals surface area contributed by atoms with Gasteiger partial charge in [0.25, 0.3) is 5.91 Å². The molecule has 9 heteroatoms. The van der Waals surface area contributed by atoms with E-state index in [1.165, 1.54) is 22.5 Å². The second-order valence-corrected chi connectivity index (χ2v) is 9.24. The van der Waals surface area contributed by atoms with Gasteiger partial charge < -0.3 is 10.2 Å². The summed E-state index contributed by atoms with van der Waals surface area (Å²) in [7, 11) is -3.60. The molecule has 1 heterocycles. The summed E-state index contributed by atoms with van der Waals surface area (Å²) in [6, 6.07) is 4.53. The molecule has 0 aromatic heterocycles. The lowest BCUT2D eigenvalue weighted by atomic mass is 10.2. The topological polar surface area (TPSA) is 70.9 Å². The maximum atomic E-state index is 12.7. The molecule has 0 radical (unpaired) electrons. The number of nitrogens with one attached hydrogen (secondary N) is 2. The average Bonchev–Trinajstić information content (AvgIpc) is 2.62. The summed E-state index contributed by atoms with van der Waals surface area (Å²) in [4.78, 5) is 13.4. The van der Waals surface area contributed by atoms with Gasteiger partial charge in [-0.15, -0.1) is 0 Å². The molecule has 0 atom stereocenters. The molecule has 0 saturated carbocycles. The van der Waals surface area contributed by atoms with Crippen LogP contribution in [-0.2, 0) is 14.8 Å². The third kappa shape index (κ3) is 5.33. The summed E-state index contributed by atoms with van der Waals surface area (Å²) in [5.74, 6) is 0.0227. The van der Waals surface area contributed by atoms with Gasteiger partial charge >= 0.3 is 0 Å². The van der Waals surface area contributed by atoms with Crippen LogP contribution in [0.3, 0.4) is 0 Å². The Hall–Kier alpha value is -0.860. The summed E-state index contributed by atoms with van der Waals surface area (Å²) in [5, 5.41) is 3.56. The van der Waals surface area contributed by atoms with Gasteiger partial charge in [-0.05, 0) is 31.0 Å². The molecule has 146 valence electrons. The fourth-order valence-corrected chi connectivity index (χ4v) is 4.84. The number of carbonyl (C=O) groups is 1. The van der Waals surface area contributed by atoms with E-state index in [2.05, 4.69) is 5.32 Å². The van der Waals surface area contributed by atoms with Gasteiger partial charge in [0.15, 0.2) is 6.54 Å². The lowest BCUT2D eigenvalue weighted by Gasteiger charge is -2.31. The molecule has 0 bridgehead atoms. The van der Waals surface area contributed by atoms with Crippen molar-refractivity contribution < 1.29 is 18.1 Å². The molecule has 1 amide bonds. The van der Waals surface area contributed by atoms with Crippen molar-refractivity contribution in [2.75, 3.05) is 32.7 Å². The largest absolute Gasteiger partial charge is 0.349 e. The second-order valence-electron chi connectivity index (χ2n) is 6.49. The van der Waals surface area contributed by atoms with Crippen molar-refractivity contribution in [1.82, 2.24) is 9.62 Å². The Labute approximate surface area is 165 Å². The smallest absolute Gasteiger partial charge is 0.275 e. The highest BCUT2D eigenvalue weighted by Crippen LogP contribution is 2.26. The molecular weight excluding hydrogens is 397 g/mol. The lowest BCUT2D eigenvalue weighted by molar-refractivity contribution is -0.895. The van der Waals surface area contributed by atoms with Crippen LogP contribution in [0.25, 0.3) is 0 Å². The van der Waals surface area contributed by atoms with Gasteiger partial charge in [0, 0.05) is 6.04 Å². The van der Waals surface area contributed by atoms with Crippen molar-refractivity contribution in [2.45, 2.75) is 37.6 Å². The third-order valence-electron chi connectivity index (χ3n) is 4.72. The Bertz CT molecular complexity index is 731. The molecule has 26 heavy (non-hydrogen) atoms. The molecule has 1 aliphatic heterocycles. The van der Waals surface area contributed by atoms with Crippen LogP contribution < -0.4 is 10.2 Å². The van der Waals surface area contributed by atoms with E-state index < -0.39 is 10.0 Å². The first-order valence-corrected chi connectivity index (χ1v) is 11.1. The molecule has 6 nitrogen and oxygen atoms in total. The number of hydrogen-bond donors (Lipinski definition) is 2. The van der Waals surface area contributed by atoms with E-state index in [0.29, 0.717) is 37.7 Å². The van der Waals surface area contributed by atoms with Gasteiger partial charge in [-0.2, -0.15) is 4.31 Å². The van der Waals surface area contributed by atoms with Gasteiger partial charge in [0.1, 0.15) is 0 Å². The SMILES string of the molecule is CCC(CC)NC(=O)C[NH+]1CCN(S(=O)(=O)c2ccc(Cl)c(Cl)c2)CC1. The fraction of sp³-hybridized carbons (Fsp3) is 0.588. The summed E-state index contributed by atoms with van der Waals surface area (Å²) in [5.41, 5.74) is 0. The third-order valence-corrected chi connectivity index (χ3v) is 7.35. The van der Waals surface area contributed by atoms with Gasteiger partial charge in [-0.25, -0.2) is 8.42 Å². The quantitative estimate of drug-likeness (QED) is 0.692. The van der Waals surface area contributed by atoms with Crippen molar-refractivity contribution in [2.24, 2.45) is 0 Å². The standard InChI is InChI=1S/C17H25Cl2N3O3S/c1-3-13(4-2)20-17(23)12-21-7-9-22(10-8-21)26(24,25)14-5-6-15(18)16(19)11-14/h5-6,11,13H,3-4,7-10,12H2,1-2H3,(H,20,23)/p+1. The molecule has 0 unspecified atom stereocenters. The maximum absolute atomic E-state index is 12.7. The van der Waals surface area contributed by atoms with Crippen LogP contribution in [0.5, 0.6) is 0 Å². The highest BCUT2D eigenvalue weighted by molar-refractivity contribution is 7.89. The highest BCUT2D eigenvalue weighted by atomic mass is 35.5. The Morgan fingerprint density at radius 1 is 1.19 bits per heavy atom. The monoisotopic (exact) mass is 422 g/mol. The molecule has 0 spiro atoms. The van der Waals surface area contributed by atoms with Crippen LogP contribution in [0.1, 0.15) is 26.7 Å². The summed E-state index contributed by atoms with van der Waals surface area (Å²) < 4.78 is 26.9. The Morgan fingerprint density at radius 3 is 2.35 bits per heavy atom. The van der Waals surface area contributed by atoms with Crippen molar-refractivity contribution in [3.63, 3.8) is 0 Å². The highest BCUT2D eigenvalue weighted by Gasteiger charge is 2.31. The van der Waals surface area contributed by atoms with Crippen molar-refractivity contribution in [3.8, 4) is 0 Å². The van der Waals surface area contributed by atoms with Crippen LogP contribution in [0.2, 0.25) is 10.0 Å². The Balaban J connectivity index is 1.93. The zero-order valence-corrected chi connectivity index (χ0v) is 17.4. The summed E-state index contributed by atoms with van der Waals surface area (Å²) in [6.45, 7) is 6.40. The average molecular weight is 423 g/mol. The zero-order valence-electron chi connectivity index (χ0n) is 15.1. The maximum Gasteiger partial charge on any atom is 0.275 e. The zero-order chi connectivity index (χ0) is 19.3. The van der Waals surface area contributed by atoms with Crippen molar-refractivity contribution in [1.29, 1.82) is 0 Å². The number of hydrogen-bond acceptors (Lipinski definition) is 3. The molecule has 1 saturated heterocycles. The molecule has 0 aliphatic carbocycles. The molecule has 1 fully saturated rings.